The van der Waals surface area contributed by atoms with Gasteiger partial charge in [0.1, 0.15) is 0 Å². The maximum Gasteiger partial charge on any atom is 0.229 e. The van der Waals surface area contributed by atoms with Crippen LogP contribution in [0.5, 0.6) is 5.75 Å². The SMILES string of the molecule is COc1c(N)cc(C(C)(C)C)cc1NC(=O)C(C)(C)C. The number of nitrogens with one attached hydrogen (secondary N) is 1. The maximum atomic E-state index is 12.2. The number of amides is 1. The van der Waals surface area contributed by atoms with Crippen molar-refractivity contribution in [3.8, 4) is 5.75 Å². The smallest absolute Gasteiger partial charge is 0.229 e. The van der Waals surface area contributed by atoms with E-state index in [-0.39, 0.29) is 11.3 Å². The standard InChI is InChI=1S/C16H26N2O2/c1-15(2,3)10-8-11(17)13(20-7)12(9-10)18-14(19)16(4,5)6/h8-9H,17H2,1-7H3,(H,18,19). The van der Waals surface area contributed by atoms with Gasteiger partial charge >= 0.3 is 0 Å². The summed E-state index contributed by atoms with van der Waals surface area (Å²) in [5, 5.41) is 2.91. The summed E-state index contributed by atoms with van der Waals surface area (Å²) in [5.74, 6) is 0.442. The first-order valence-electron chi connectivity index (χ1n) is 6.76. The minimum absolute atomic E-state index is 0.0540. The van der Waals surface area contributed by atoms with E-state index in [4.69, 9.17) is 10.5 Å². The van der Waals surface area contributed by atoms with Crippen LogP contribution in [-0.2, 0) is 10.2 Å². The van der Waals surface area contributed by atoms with Crippen molar-refractivity contribution in [3.63, 3.8) is 0 Å². The Morgan fingerprint density at radius 3 is 2.10 bits per heavy atom. The normalized spacial score (nSPS) is 12.2. The number of hydrogen-bond acceptors (Lipinski definition) is 3. The van der Waals surface area contributed by atoms with Crippen LogP contribution in [0.2, 0.25) is 0 Å². The Labute approximate surface area is 121 Å². The lowest BCUT2D eigenvalue weighted by Gasteiger charge is -2.24. The highest BCUT2D eigenvalue weighted by atomic mass is 16.5. The van der Waals surface area contributed by atoms with Crippen LogP contribution in [0, 0.1) is 5.41 Å². The van der Waals surface area contributed by atoms with E-state index in [0.29, 0.717) is 17.1 Å². The summed E-state index contributed by atoms with van der Waals surface area (Å²) >= 11 is 0. The maximum absolute atomic E-state index is 12.2. The largest absolute Gasteiger partial charge is 0.492 e. The molecular weight excluding hydrogens is 252 g/mol. The molecule has 4 nitrogen and oxygen atoms in total. The highest BCUT2D eigenvalue weighted by Gasteiger charge is 2.24. The van der Waals surface area contributed by atoms with Crippen molar-refractivity contribution in [2.75, 3.05) is 18.2 Å². The third-order valence-corrected chi connectivity index (χ3v) is 3.12. The minimum Gasteiger partial charge on any atom is -0.492 e. The fourth-order valence-corrected chi connectivity index (χ4v) is 1.71. The molecule has 0 aliphatic carbocycles. The zero-order valence-electron chi connectivity index (χ0n) is 13.5. The molecule has 4 heteroatoms. The molecule has 0 atom stereocenters. The summed E-state index contributed by atoms with van der Waals surface area (Å²) in [4.78, 5) is 12.2. The van der Waals surface area contributed by atoms with Gasteiger partial charge in [-0.2, -0.15) is 0 Å². The fraction of sp³-hybridized carbons (Fsp3) is 0.562. The van der Waals surface area contributed by atoms with Crippen LogP contribution in [0.15, 0.2) is 12.1 Å². The van der Waals surface area contributed by atoms with Crippen molar-refractivity contribution in [2.24, 2.45) is 5.41 Å². The molecule has 0 aliphatic heterocycles. The molecule has 0 bridgehead atoms. The van der Waals surface area contributed by atoms with Gasteiger partial charge in [0.15, 0.2) is 5.75 Å². The topological polar surface area (TPSA) is 64.3 Å². The summed E-state index contributed by atoms with van der Waals surface area (Å²) in [7, 11) is 1.55. The number of methoxy groups -OCH3 is 1. The van der Waals surface area contributed by atoms with Crippen molar-refractivity contribution >= 4 is 17.3 Å². The van der Waals surface area contributed by atoms with Crippen molar-refractivity contribution in [3.05, 3.63) is 17.7 Å². The zero-order valence-corrected chi connectivity index (χ0v) is 13.5. The average Bonchev–Trinajstić information content (AvgIpc) is 2.25. The number of nitrogens with two attached hydrogens (primary N) is 1. The summed E-state index contributed by atoms with van der Waals surface area (Å²) in [5.41, 5.74) is 7.72. The van der Waals surface area contributed by atoms with Gasteiger partial charge in [0.05, 0.1) is 18.5 Å². The molecule has 0 heterocycles. The summed E-state index contributed by atoms with van der Waals surface area (Å²) in [6.07, 6.45) is 0. The van der Waals surface area contributed by atoms with Gasteiger partial charge in [-0.1, -0.05) is 41.5 Å². The third-order valence-electron chi connectivity index (χ3n) is 3.12. The number of rotatable bonds is 2. The summed E-state index contributed by atoms with van der Waals surface area (Å²) in [6, 6.07) is 3.82. The molecule has 1 rings (SSSR count). The average molecular weight is 278 g/mol. The van der Waals surface area contributed by atoms with Crippen molar-refractivity contribution in [2.45, 2.75) is 47.0 Å². The molecule has 0 spiro atoms. The van der Waals surface area contributed by atoms with E-state index in [0.717, 1.165) is 5.56 Å². The van der Waals surface area contributed by atoms with E-state index in [1.165, 1.54) is 0 Å². The number of hydrogen-bond donors (Lipinski definition) is 2. The molecule has 1 aromatic carbocycles. The lowest BCUT2D eigenvalue weighted by molar-refractivity contribution is -0.123. The van der Waals surface area contributed by atoms with Crippen molar-refractivity contribution in [1.29, 1.82) is 0 Å². The van der Waals surface area contributed by atoms with Gasteiger partial charge in [0, 0.05) is 5.41 Å². The first-order valence-corrected chi connectivity index (χ1v) is 6.76. The van der Waals surface area contributed by atoms with Gasteiger partial charge in [0.25, 0.3) is 0 Å². The number of anilines is 2. The molecule has 1 amide bonds. The molecule has 112 valence electrons. The fourth-order valence-electron chi connectivity index (χ4n) is 1.71. The molecule has 0 aromatic heterocycles. The molecule has 1 aromatic rings. The lowest BCUT2D eigenvalue weighted by atomic mass is 9.86. The molecule has 0 unspecified atom stereocenters. The molecule has 3 N–H and O–H groups in total. The van der Waals surface area contributed by atoms with Crippen molar-refractivity contribution in [1.82, 2.24) is 0 Å². The monoisotopic (exact) mass is 278 g/mol. The number of benzene rings is 1. The Morgan fingerprint density at radius 1 is 1.15 bits per heavy atom. The summed E-state index contributed by atoms with van der Waals surface area (Å²) in [6.45, 7) is 11.9. The predicted molar refractivity (Wildman–Crippen MR) is 84.2 cm³/mol. The van der Waals surface area contributed by atoms with E-state index in [9.17, 15) is 4.79 Å². The van der Waals surface area contributed by atoms with E-state index in [1.807, 2.05) is 32.9 Å². The second-order valence-electron chi connectivity index (χ2n) is 7.10. The van der Waals surface area contributed by atoms with Gasteiger partial charge in [-0.05, 0) is 23.1 Å². The number of nitrogen functional groups attached to an aromatic ring is 1. The van der Waals surface area contributed by atoms with Crippen LogP contribution >= 0.6 is 0 Å². The number of ether oxygens (including phenoxy) is 1. The van der Waals surface area contributed by atoms with Gasteiger partial charge in [-0.15, -0.1) is 0 Å². The molecule has 0 saturated carbocycles. The van der Waals surface area contributed by atoms with E-state index < -0.39 is 5.41 Å². The first-order chi connectivity index (χ1) is 8.96. The van der Waals surface area contributed by atoms with Crippen LogP contribution < -0.4 is 15.8 Å². The molecular formula is C16H26N2O2. The molecule has 20 heavy (non-hydrogen) atoms. The van der Waals surface area contributed by atoms with Crippen LogP contribution in [0.1, 0.15) is 47.1 Å². The third kappa shape index (κ3) is 3.65. The molecule has 0 saturated heterocycles. The Bertz CT molecular complexity index is 508. The quantitative estimate of drug-likeness (QED) is 0.813. The second kappa shape index (κ2) is 5.35. The van der Waals surface area contributed by atoms with Gasteiger partial charge in [-0.3, -0.25) is 4.79 Å². The Balaban J connectivity index is 3.29. The van der Waals surface area contributed by atoms with Crippen LogP contribution in [0.4, 0.5) is 11.4 Å². The summed E-state index contributed by atoms with van der Waals surface area (Å²) < 4.78 is 5.32. The molecule has 0 aliphatic rings. The molecule has 0 fully saturated rings. The highest BCUT2D eigenvalue weighted by Crippen LogP contribution is 2.37. The minimum atomic E-state index is -0.475. The van der Waals surface area contributed by atoms with E-state index in [1.54, 1.807) is 7.11 Å². The van der Waals surface area contributed by atoms with Crippen LogP contribution in [0.25, 0.3) is 0 Å². The van der Waals surface area contributed by atoms with Crippen LogP contribution in [-0.4, -0.2) is 13.0 Å². The number of carbonyl (C=O) groups excluding carboxylic acids is 1. The first kappa shape index (κ1) is 16.3. The van der Waals surface area contributed by atoms with Gasteiger partial charge in [-0.25, -0.2) is 0 Å². The lowest BCUT2D eigenvalue weighted by Crippen LogP contribution is -2.28. The zero-order chi connectivity index (χ0) is 15.7. The highest BCUT2D eigenvalue weighted by molar-refractivity contribution is 5.97. The van der Waals surface area contributed by atoms with Gasteiger partial charge < -0.3 is 15.8 Å². The Hall–Kier alpha value is -1.71. The van der Waals surface area contributed by atoms with Crippen molar-refractivity contribution < 1.29 is 9.53 Å². The molecule has 0 radical (unpaired) electrons. The predicted octanol–water partition coefficient (Wildman–Crippen LogP) is 3.56. The van der Waals surface area contributed by atoms with E-state index >= 15 is 0 Å². The van der Waals surface area contributed by atoms with E-state index in [2.05, 4.69) is 26.1 Å². The van der Waals surface area contributed by atoms with Gasteiger partial charge in [0.2, 0.25) is 5.91 Å². The second-order valence-corrected chi connectivity index (χ2v) is 7.10. The number of carbonyl (C=O) groups is 1. The Kier molecular flexibility index (Phi) is 4.37. The van der Waals surface area contributed by atoms with Crippen LogP contribution in [0.3, 0.4) is 0 Å². The Morgan fingerprint density at radius 2 is 1.70 bits per heavy atom.